The average molecular weight is 153 g/mol. The molecule has 0 amide bonds. The molecule has 1 aromatic rings. The third kappa shape index (κ3) is 2.37. The molecule has 11 heavy (non-hydrogen) atoms. The Labute approximate surface area is 68.4 Å². The molecular weight excluding hydrogens is 136 g/mol. The van der Waals surface area contributed by atoms with Crippen LogP contribution in [0.3, 0.4) is 0 Å². The van der Waals surface area contributed by atoms with Crippen molar-refractivity contribution in [2.24, 2.45) is 7.05 Å². The first-order valence-electron chi connectivity index (χ1n) is 4.35. The first-order chi connectivity index (χ1) is 5.34. The van der Waals surface area contributed by atoms with Crippen molar-refractivity contribution in [3.8, 4) is 0 Å². The Balaban J connectivity index is 2.32. The second kappa shape index (κ2) is 4.16. The Morgan fingerprint density at radius 1 is 1.36 bits per heavy atom. The summed E-state index contributed by atoms with van der Waals surface area (Å²) >= 11 is 0. The van der Waals surface area contributed by atoms with Crippen LogP contribution in [-0.2, 0) is 13.6 Å². The van der Waals surface area contributed by atoms with Gasteiger partial charge in [0, 0.05) is 12.5 Å². The van der Waals surface area contributed by atoms with E-state index in [0.717, 1.165) is 6.54 Å². The van der Waals surface area contributed by atoms with E-state index in [9.17, 15) is 0 Å². The Morgan fingerprint density at radius 3 is 2.73 bits per heavy atom. The predicted molar refractivity (Wildman–Crippen MR) is 45.1 cm³/mol. The number of hydrogen-bond acceptors (Lipinski definition) is 0. The van der Waals surface area contributed by atoms with Crippen LogP contribution in [0.2, 0.25) is 0 Å². The van der Waals surface area contributed by atoms with Gasteiger partial charge in [0.25, 0.3) is 0 Å². The van der Waals surface area contributed by atoms with Crippen molar-refractivity contribution in [1.82, 2.24) is 4.68 Å². The molecule has 1 aromatic heterocycles. The summed E-state index contributed by atoms with van der Waals surface area (Å²) in [5.41, 5.74) is 0. The fourth-order valence-electron chi connectivity index (χ4n) is 1.21. The van der Waals surface area contributed by atoms with Gasteiger partial charge in [-0.05, 0) is 6.42 Å². The lowest BCUT2D eigenvalue weighted by Gasteiger charge is -1.95. The fraction of sp³-hybridized carbons (Fsp3) is 0.667. The molecule has 0 saturated carbocycles. The van der Waals surface area contributed by atoms with E-state index in [-0.39, 0.29) is 0 Å². The molecule has 0 atom stereocenters. The molecule has 1 rings (SSSR count). The van der Waals surface area contributed by atoms with Crippen molar-refractivity contribution in [2.45, 2.75) is 32.7 Å². The summed E-state index contributed by atoms with van der Waals surface area (Å²) in [4.78, 5) is 0. The molecule has 0 saturated heterocycles. The minimum atomic E-state index is 1.15. The van der Waals surface area contributed by atoms with E-state index in [2.05, 4.69) is 41.8 Å². The van der Waals surface area contributed by atoms with Crippen LogP contribution >= 0.6 is 0 Å². The Kier molecular flexibility index (Phi) is 3.14. The minimum Gasteiger partial charge on any atom is -0.164 e. The maximum atomic E-state index is 2.23. The largest absolute Gasteiger partial charge is 0.195 e. The number of hydrogen-bond donors (Lipinski definition) is 0. The van der Waals surface area contributed by atoms with E-state index in [4.69, 9.17) is 0 Å². The molecule has 0 N–H and O–H groups in total. The van der Waals surface area contributed by atoms with Crippen LogP contribution in [-0.4, -0.2) is 4.68 Å². The molecule has 0 aliphatic heterocycles. The molecule has 0 radical (unpaired) electrons. The summed E-state index contributed by atoms with van der Waals surface area (Å²) < 4.78 is 4.35. The standard InChI is InChI=1S/C9H17N2/c1-3-4-5-8-11-9-6-7-10(11)2/h6-7,9H,3-5,8H2,1-2H3/q+1. The molecule has 0 spiro atoms. The maximum absolute atomic E-state index is 2.23. The van der Waals surface area contributed by atoms with Gasteiger partial charge >= 0.3 is 0 Å². The topological polar surface area (TPSA) is 8.81 Å². The Morgan fingerprint density at radius 2 is 2.18 bits per heavy atom. The maximum Gasteiger partial charge on any atom is 0.195 e. The number of aromatic nitrogens is 2. The Hall–Kier alpha value is -0.790. The van der Waals surface area contributed by atoms with Crippen molar-refractivity contribution in [2.75, 3.05) is 0 Å². The highest BCUT2D eigenvalue weighted by Crippen LogP contribution is 1.92. The van der Waals surface area contributed by atoms with E-state index >= 15 is 0 Å². The van der Waals surface area contributed by atoms with Crippen LogP contribution in [0.1, 0.15) is 26.2 Å². The molecule has 0 fully saturated rings. The van der Waals surface area contributed by atoms with Crippen molar-refractivity contribution in [3.05, 3.63) is 18.5 Å². The summed E-state index contributed by atoms with van der Waals surface area (Å²) in [6, 6.07) is 2.08. The summed E-state index contributed by atoms with van der Waals surface area (Å²) in [6.45, 7) is 3.38. The highest BCUT2D eigenvalue weighted by atomic mass is 15.4. The number of aryl methyl sites for hydroxylation is 2. The summed E-state index contributed by atoms with van der Waals surface area (Å²) in [7, 11) is 2.08. The first-order valence-corrected chi connectivity index (χ1v) is 4.35. The zero-order chi connectivity index (χ0) is 8.10. The number of unbranched alkanes of at least 4 members (excludes halogenated alkanes) is 2. The van der Waals surface area contributed by atoms with Gasteiger partial charge in [0.1, 0.15) is 0 Å². The smallest absolute Gasteiger partial charge is 0.164 e. The van der Waals surface area contributed by atoms with Gasteiger partial charge in [-0.25, -0.2) is 0 Å². The van der Waals surface area contributed by atoms with Crippen LogP contribution in [0.25, 0.3) is 0 Å². The second-order valence-electron chi connectivity index (χ2n) is 2.93. The van der Waals surface area contributed by atoms with Gasteiger partial charge < -0.3 is 0 Å². The summed E-state index contributed by atoms with van der Waals surface area (Å²) in [5.74, 6) is 0. The van der Waals surface area contributed by atoms with Crippen molar-refractivity contribution in [3.63, 3.8) is 0 Å². The van der Waals surface area contributed by atoms with Gasteiger partial charge in [-0.1, -0.05) is 13.3 Å². The van der Waals surface area contributed by atoms with E-state index < -0.39 is 0 Å². The molecule has 0 aliphatic rings. The van der Waals surface area contributed by atoms with Crippen molar-refractivity contribution >= 4 is 0 Å². The molecular formula is C9H17N2+. The molecule has 1 heterocycles. The van der Waals surface area contributed by atoms with Gasteiger partial charge in [0.05, 0.1) is 13.2 Å². The molecule has 0 unspecified atom stereocenters. The third-order valence-electron chi connectivity index (χ3n) is 1.96. The Bertz CT molecular complexity index is 203. The molecule has 2 nitrogen and oxygen atoms in total. The number of nitrogens with zero attached hydrogens (tertiary/aromatic N) is 2. The summed E-state index contributed by atoms with van der Waals surface area (Å²) in [5, 5.41) is 0. The van der Waals surface area contributed by atoms with Crippen LogP contribution < -0.4 is 4.68 Å². The SMILES string of the molecule is CCCCC[n+]1cccn1C. The highest BCUT2D eigenvalue weighted by Gasteiger charge is 2.01. The lowest BCUT2D eigenvalue weighted by Crippen LogP contribution is -2.40. The van der Waals surface area contributed by atoms with Crippen LogP contribution in [0, 0.1) is 0 Å². The molecule has 2 heteroatoms. The minimum absolute atomic E-state index is 1.15. The summed E-state index contributed by atoms with van der Waals surface area (Å²) in [6.07, 6.45) is 8.11. The quantitative estimate of drug-likeness (QED) is 0.458. The zero-order valence-corrected chi connectivity index (χ0v) is 7.45. The third-order valence-corrected chi connectivity index (χ3v) is 1.96. The predicted octanol–water partition coefficient (Wildman–Crippen LogP) is 1.50. The fourth-order valence-corrected chi connectivity index (χ4v) is 1.21. The average Bonchev–Trinajstić information content (AvgIpc) is 2.37. The van der Waals surface area contributed by atoms with Gasteiger partial charge in [-0.15, -0.1) is 4.68 Å². The molecule has 0 aromatic carbocycles. The number of rotatable bonds is 4. The molecule has 0 bridgehead atoms. The molecule has 0 aliphatic carbocycles. The van der Waals surface area contributed by atoms with Gasteiger partial charge in [-0.3, -0.25) is 0 Å². The zero-order valence-electron chi connectivity index (χ0n) is 7.45. The van der Waals surface area contributed by atoms with Crippen LogP contribution in [0.15, 0.2) is 18.5 Å². The lowest BCUT2D eigenvalue weighted by molar-refractivity contribution is -0.773. The normalized spacial score (nSPS) is 10.4. The highest BCUT2D eigenvalue weighted by molar-refractivity contribution is 4.69. The first kappa shape index (κ1) is 8.31. The van der Waals surface area contributed by atoms with Crippen molar-refractivity contribution < 1.29 is 4.68 Å². The van der Waals surface area contributed by atoms with Gasteiger partial charge in [0.15, 0.2) is 12.7 Å². The van der Waals surface area contributed by atoms with E-state index in [0.29, 0.717) is 0 Å². The van der Waals surface area contributed by atoms with E-state index in [1.54, 1.807) is 0 Å². The molecule has 62 valence electrons. The second-order valence-corrected chi connectivity index (χ2v) is 2.93. The van der Waals surface area contributed by atoms with E-state index in [1.165, 1.54) is 19.3 Å². The van der Waals surface area contributed by atoms with Gasteiger partial charge in [0.2, 0.25) is 0 Å². The van der Waals surface area contributed by atoms with E-state index in [1.807, 2.05) is 0 Å². The van der Waals surface area contributed by atoms with Crippen LogP contribution in [0.4, 0.5) is 0 Å². The monoisotopic (exact) mass is 153 g/mol. The lowest BCUT2D eigenvalue weighted by atomic mass is 10.2. The van der Waals surface area contributed by atoms with Crippen molar-refractivity contribution in [1.29, 1.82) is 0 Å². The van der Waals surface area contributed by atoms with Gasteiger partial charge in [-0.2, -0.15) is 4.68 Å². The van der Waals surface area contributed by atoms with Crippen LogP contribution in [0.5, 0.6) is 0 Å².